The average molecular weight is 503 g/mol. The Morgan fingerprint density at radius 1 is 0.410 bits per heavy atom. The summed E-state index contributed by atoms with van der Waals surface area (Å²) in [5.74, 6) is 0. The molecule has 7 aromatic carbocycles. The van der Waals surface area contributed by atoms with Gasteiger partial charge in [0.05, 0.1) is 0 Å². The van der Waals surface area contributed by atoms with Crippen molar-refractivity contribution in [3.05, 3.63) is 133 Å². The van der Waals surface area contributed by atoms with E-state index in [9.17, 15) is 0 Å². The summed E-state index contributed by atoms with van der Waals surface area (Å²) >= 11 is 0. The molecule has 0 bridgehead atoms. The highest BCUT2D eigenvalue weighted by Gasteiger charge is 2.14. The van der Waals surface area contributed by atoms with Crippen LogP contribution in [0.2, 0.25) is 0 Å². The van der Waals surface area contributed by atoms with Gasteiger partial charge in [0.2, 0.25) is 0 Å². The number of unbranched alkanes of at least 4 members (excludes halogenated alkanes) is 1. The summed E-state index contributed by atoms with van der Waals surface area (Å²) in [6, 6.07) is 46.8. The molecule has 0 N–H and O–H groups in total. The molecule has 0 heterocycles. The van der Waals surface area contributed by atoms with Gasteiger partial charge >= 0.3 is 0 Å². The van der Waals surface area contributed by atoms with Crippen molar-refractivity contribution in [3.63, 3.8) is 0 Å². The van der Waals surface area contributed by atoms with Gasteiger partial charge in [-0.25, -0.2) is 0 Å². The maximum Gasteiger partial charge on any atom is -0.00266 e. The molecule has 0 saturated carbocycles. The largest absolute Gasteiger partial charge is 0.0654 e. The Bertz CT molecular complexity index is 1890. The molecule has 0 spiro atoms. The van der Waals surface area contributed by atoms with Gasteiger partial charge in [0.25, 0.3) is 0 Å². The molecule has 0 aliphatic carbocycles. The molecule has 0 nitrogen and oxygen atoms in total. The predicted molar refractivity (Wildman–Crippen MR) is 173 cm³/mol. The monoisotopic (exact) mass is 502 g/mol. The Balaban J connectivity index is 0.000000650. The smallest absolute Gasteiger partial charge is 0.00266 e. The molecule has 0 fully saturated rings. The van der Waals surface area contributed by atoms with Crippen LogP contribution in [0.3, 0.4) is 0 Å². The van der Waals surface area contributed by atoms with Crippen molar-refractivity contribution >= 4 is 43.1 Å². The van der Waals surface area contributed by atoms with E-state index >= 15 is 0 Å². The number of hydrogen-bond donors (Lipinski definition) is 0. The average Bonchev–Trinajstić information content (AvgIpc) is 3.01. The molecule has 0 aromatic heterocycles. The lowest BCUT2D eigenvalue weighted by Crippen LogP contribution is -1.90. The molecule has 0 heteroatoms. The van der Waals surface area contributed by atoms with Gasteiger partial charge in [0.15, 0.2) is 0 Å². The highest BCUT2D eigenvalue weighted by molar-refractivity contribution is 6.26. The molecule has 0 atom stereocenters. The molecule has 190 valence electrons. The number of hydrogen-bond acceptors (Lipinski definition) is 0. The Hall–Kier alpha value is -4.42. The predicted octanol–water partition coefficient (Wildman–Crippen LogP) is 11.7. The molecule has 7 aromatic rings. The van der Waals surface area contributed by atoms with E-state index in [0.29, 0.717) is 0 Å². The normalized spacial score (nSPS) is 11.2. The lowest BCUT2D eigenvalue weighted by atomic mass is 9.87. The van der Waals surface area contributed by atoms with Crippen LogP contribution >= 0.6 is 0 Å². The number of rotatable bonds is 3. The summed E-state index contributed by atoms with van der Waals surface area (Å²) in [6.07, 6.45) is 2.64. The fourth-order valence-electron chi connectivity index (χ4n) is 5.62. The SMILES string of the molecule is CCCC.Cc1ccc(-c2ccc3ccccc3c2-c2ccc3c4ccccc4c4ccccc4c3c2)cc1. The van der Waals surface area contributed by atoms with Crippen LogP contribution in [0.1, 0.15) is 32.3 Å². The Morgan fingerprint density at radius 2 is 0.897 bits per heavy atom. The van der Waals surface area contributed by atoms with Gasteiger partial charge in [-0.05, 0) is 78.3 Å². The fourth-order valence-corrected chi connectivity index (χ4v) is 5.62. The van der Waals surface area contributed by atoms with Crippen LogP contribution in [0.5, 0.6) is 0 Å². The summed E-state index contributed by atoms with van der Waals surface area (Å²) in [5, 5.41) is 10.4. The Morgan fingerprint density at radius 3 is 1.49 bits per heavy atom. The number of aryl methyl sites for hydroxylation is 1. The quantitative estimate of drug-likeness (QED) is 0.211. The van der Waals surface area contributed by atoms with E-state index in [2.05, 4.69) is 148 Å². The second-order valence-electron chi connectivity index (χ2n) is 10.4. The van der Waals surface area contributed by atoms with E-state index in [4.69, 9.17) is 0 Å². The highest BCUT2D eigenvalue weighted by atomic mass is 14.2. The maximum atomic E-state index is 2.41. The summed E-state index contributed by atoms with van der Waals surface area (Å²) in [7, 11) is 0. The fraction of sp³-hybridized carbons (Fsp3) is 0.128. The highest BCUT2D eigenvalue weighted by Crippen LogP contribution is 2.42. The van der Waals surface area contributed by atoms with Crippen molar-refractivity contribution in [2.45, 2.75) is 33.6 Å². The first kappa shape index (κ1) is 24.9. The van der Waals surface area contributed by atoms with Gasteiger partial charge in [-0.3, -0.25) is 0 Å². The van der Waals surface area contributed by atoms with E-state index in [1.165, 1.54) is 83.7 Å². The number of fused-ring (bicyclic) bond motifs is 7. The first-order chi connectivity index (χ1) is 19.2. The van der Waals surface area contributed by atoms with Gasteiger partial charge in [0.1, 0.15) is 0 Å². The molecule has 0 unspecified atom stereocenters. The molecular formula is C39H34. The van der Waals surface area contributed by atoms with Crippen molar-refractivity contribution in [2.75, 3.05) is 0 Å². The van der Waals surface area contributed by atoms with Gasteiger partial charge in [-0.15, -0.1) is 0 Å². The Kier molecular flexibility index (Phi) is 6.86. The molecule has 0 saturated heterocycles. The third-order valence-corrected chi connectivity index (χ3v) is 7.82. The molecule has 0 aliphatic rings. The van der Waals surface area contributed by atoms with Crippen molar-refractivity contribution < 1.29 is 0 Å². The summed E-state index contributed by atoms with van der Waals surface area (Å²) < 4.78 is 0. The molecule has 0 aliphatic heterocycles. The number of benzene rings is 7. The zero-order chi connectivity index (χ0) is 26.8. The van der Waals surface area contributed by atoms with Crippen LogP contribution in [0.15, 0.2) is 127 Å². The van der Waals surface area contributed by atoms with Crippen molar-refractivity contribution in [2.24, 2.45) is 0 Å². The van der Waals surface area contributed by atoms with Crippen molar-refractivity contribution in [3.8, 4) is 22.3 Å². The zero-order valence-corrected chi connectivity index (χ0v) is 23.0. The second kappa shape index (κ2) is 10.8. The molecular weight excluding hydrogens is 468 g/mol. The van der Waals surface area contributed by atoms with E-state index in [-0.39, 0.29) is 0 Å². The van der Waals surface area contributed by atoms with E-state index in [1.807, 2.05) is 0 Å². The lowest BCUT2D eigenvalue weighted by molar-refractivity contribution is 0.886. The van der Waals surface area contributed by atoms with Crippen LogP contribution in [-0.4, -0.2) is 0 Å². The van der Waals surface area contributed by atoms with Gasteiger partial charge in [-0.2, -0.15) is 0 Å². The van der Waals surface area contributed by atoms with Crippen LogP contribution in [0.4, 0.5) is 0 Å². The molecule has 0 amide bonds. The minimum atomic E-state index is 1.25. The third-order valence-electron chi connectivity index (χ3n) is 7.82. The molecule has 0 radical (unpaired) electrons. The van der Waals surface area contributed by atoms with Crippen LogP contribution in [0.25, 0.3) is 65.3 Å². The second-order valence-corrected chi connectivity index (χ2v) is 10.4. The van der Waals surface area contributed by atoms with Gasteiger partial charge in [0, 0.05) is 0 Å². The summed E-state index contributed by atoms with van der Waals surface area (Å²) in [4.78, 5) is 0. The standard InChI is InChI=1S/C35H24.C4H10/c1-23-14-16-25(17-15-23)28-20-18-24-8-2-3-9-27(24)35(28)26-19-21-33-31-12-5-4-10-29(31)30-11-6-7-13-32(30)34(33)22-26;1-3-4-2/h2-22H,1H3;3-4H2,1-2H3. The molecule has 7 rings (SSSR count). The minimum absolute atomic E-state index is 1.25. The van der Waals surface area contributed by atoms with Gasteiger partial charge < -0.3 is 0 Å². The van der Waals surface area contributed by atoms with E-state index < -0.39 is 0 Å². The van der Waals surface area contributed by atoms with Crippen LogP contribution in [-0.2, 0) is 0 Å². The first-order valence-corrected chi connectivity index (χ1v) is 14.1. The van der Waals surface area contributed by atoms with E-state index in [0.717, 1.165) is 0 Å². The van der Waals surface area contributed by atoms with E-state index in [1.54, 1.807) is 0 Å². The summed E-state index contributed by atoms with van der Waals surface area (Å²) in [5.41, 5.74) is 6.35. The zero-order valence-electron chi connectivity index (χ0n) is 23.0. The minimum Gasteiger partial charge on any atom is -0.0654 e. The van der Waals surface area contributed by atoms with Crippen LogP contribution in [0, 0.1) is 6.92 Å². The van der Waals surface area contributed by atoms with Gasteiger partial charge in [-0.1, -0.05) is 154 Å². The maximum absolute atomic E-state index is 2.41. The topological polar surface area (TPSA) is 0 Å². The first-order valence-electron chi connectivity index (χ1n) is 14.1. The molecule has 39 heavy (non-hydrogen) atoms. The Labute approximate surface area is 231 Å². The van der Waals surface area contributed by atoms with Crippen molar-refractivity contribution in [1.29, 1.82) is 0 Å². The van der Waals surface area contributed by atoms with Crippen molar-refractivity contribution in [1.82, 2.24) is 0 Å². The van der Waals surface area contributed by atoms with Crippen LogP contribution < -0.4 is 0 Å². The summed E-state index contributed by atoms with van der Waals surface area (Å²) in [6.45, 7) is 6.50. The lowest BCUT2D eigenvalue weighted by Gasteiger charge is -2.16. The third kappa shape index (κ3) is 4.57.